The molecule has 2 aromatic rings. The highest BCUT2D eigenvalue weighted by atomic mass is 16.5. The van der Waals surface area contributed by atoms with Gasteiger partial charge in [-0.25, -0.2) is 0 Å². The van der Waals surface area contributed by atoms with Gasteiger partial charge in [0.1, 0.15) is 12.4 Å². The van der Waals surface area contributed by atoms with Crippen molar-refractivity contribution in [1.82, 2.24) is 10.5 Å². The number of nitrogens with zero attached hydrogens (tertiary/aromatic N) is 1. The number of carbonyl (C=O) groups excluding carboxylic acids is 1. The summed E-state index contributed by atoms with van der Waals surface area (Å²) in [6, 6.07) is 7.59. The zero-order valence-corrected chi connectivity index (χ0v) is 11.9. The van der Waals surface area contributed by atoms with Crippen LogP contribution in [-0.4, -0.2) is 24.2 Å². The zero-order chi connectivity index (χ0) is 14.5. The molecule has 0 saturated heterocycles. The Labute approximate surface area is 117 Å². The van der Waals surface area contributed by atoms with Crippen LogP contribution in [0, 0.1) is 20.8 Å². The van der Waals surface area contributed by atoms with Gasteiger partial charge in [-0.2, -0.15) is 0 Å². The minimum atomic E-state index is -0.283. The zero-order valence-electron chi connectivity index (χ0n) is 11.9. The van der Waals surface area contributed by atoms with Crippen LogP contribution in [0.2, 0.25) is 0 Å². The number of benzene rings is 1. The number of carbonyl (C=O) groups is 1. The van der Waals surface area contributed by atoms with Crippen molar-refractivity contribution in [3.63, 3.8) is 0 Å². The maximum Gasteiger partial charge on any atom is 0.290 e. The van der Waals surface area contributed by atoms with E-state index in [1.165, 1.54) is 5.56 Å². The molecule has 0 atom stereocenters. The monoisotopic (exact) mass is 274 g/mol. The van der Waals surface area contributed by atoms with E-state index in [1.807, 2.05) is 26.0 Å². The predicted molar refractivity (Wildman–Crippen MR) is 75.0 cm³/mol. The Kier molecular flexibility index (Phi) is 4.40. The number of ether oxygens (including phenoxy) is 1. The summed E-state index contributed by atoms with van der Waals surface area (Å²) < 4.78 is 10.5. The third-order valence-electron chi connectivity index (χ3n) is 2.83. The number of aryl methyl sites for hydroxylation is 3. The molecule has 5 heteroatoms. The molecule has 0 radical (unpaired) electrons. The molecule has 20 heavy (non-hydrogen) atoms. The Balaban J connectivity index is 1.77. The summed E-state index contributed by atoms with van der Waals surface area (Å²) in [5, 5.41) is 6.38. The van der Waals surface area contributed by atoms with Crippen molar-refractivity contribution in [2.45, 2.75) is 20.8 Å². The smallest absolute Gasteiger partial charge is 0.290 e. The predicted octanol–water partition coefficient (Wildman–Crippen LogP) is 2.41. The molecular weight excluding hydrogens is 256 g/mol. The van der Waals surface area contributed by atoms with Crippen LogP contribution in [0.1, 0.15) is 27.4 Å². The summed E-state index contributed by atoms with van der Waals surface area (Å²) in [4.78, 5) is 11.7. The van der Waals surface area contributed by atoms with Crippen molar-refractivity contribution >= 4 is 5.91 Å². The summed E-state index contributed by atoms with van der Waals surface area (Å²) in [5.74, 6) is 0.768. The molecular formula is C15H18N2O3. The van der Waals surface area contributed by atoms with Crippen molar-refractivity contribution in [1.29, 1.82) is 0 Å². The summed E-state index contributed by atoms with van der Waals surface area (Å²) in [6.07, 6.45) is 0. The van der Waals surface area contributed by atoms with E-state index in [4.69, 9.17) is 9.26 Å². The SMILES string of the molecule is Cc1ccc(OCCNC(=O)c2cc(C)no2)c(C)c1. The lowest BCUT2D eigenvalue weighted by molar-refractivity contribution is 0.0910. The van der Waals surface area contributed by atoms with Crippen molar-refractivity contribution < 1.29 is 14.1 Å². The number of nitrogens with one attached hydrogen (secondary N) is 1. The second-order valence-electron chi connectivity index (χ2n) is 4.71. The first-order valence-corrected chi connectivity index (χ1v) is 6.48. The van der Waals surface area contributed by atoms with Crippen LogP contribution in [0.15, 0.2) is 28.8 Å². The van der Waals surface area contributed by atoms with Gasteiger partial charge < -0.3 is 14.6 Å². The van der Waals surface area contributed by atoms with Crippen molar-refractivity contribution in [3.05, 3.63) is 46.8 Å². The maximum atomic E-state index is 11.7. The van der Waals surface area contributed by atoms with Gasteiger partial charge in [-0.15, -0.1) is 0 Å². The topological polar surface area (TPSA) is 64.4 Å². The second-order valence-corrected chi connectivity index (χ2v) is 4.71. The normalized spacial score (nSPS) is 10.3. The summed E-state index contributed by atoms with van der Waals surface area (Å²) in [5.41, 5.74) is 2.97. The van der Waals surface area contributed by atoms with E-state index in [9.17, 15) is 4.79 Å². The highest BCUT2D eigenvalue weighted by Gasteiger charge is 2.10. The molecule has 106 valence electrons. The van der Waals surface area contributed by atoms with Crippen LogP contribution < -0.4 is 10.1 Å². The number of aromatic nitrogens is 1. The van der Waals surface area contributed by atoms with Gasteiger partial charge in [0.25, 0.3) is 5.91 Å². The molecule has 0 aliphatic rings. The van der Waals surface area contributed by atoms with Crippen LogP contribution in [0.25, 0.3) is 0 Å². The van der Waals surface area contributed by atoms with Gasteiger partial charge in [-0.05, 0) is 32.4 Å². The first kappa shape index (κ1) is 14.1. The summed E-state index contributed by atoms with van der Waals surface area (Å²) in [7, 11) is 0. The van der Waals surface area contributed by atoms with E-state index in [0.717, 1.165) is 11.3 Å². The lowest BCUT2D eigenvalue weighted by Crippen LogP contribution is -2.27. The molecule has 1 aromatic carbocycles. The van der Waals surface area contributed by atoms with Gasteiger partial charge in [-0.3, -0.25) is 4.79 Å². The standard InChI is InChI=1S/C15H18N2O3/c1-10-4-5-13(11(2)8-10)19-7-6-16-15(18)14-9-12(3)17-20-14/h4-5,8-9H,6-7H2,1-3H3,(H,16,18). The van der Waals surface area contributed by atoms with E-state index in [-0.39, 0.29) is 11.7 Å². The van der Waals surface area contributed by atoms with E-state index >= 15 is 0 Å². The third kappa shape index (κ3) is 3.60. The highest BCUT2D eigenvalue weighted by Crippen LogP contribution is 2.18. The van der Waals surface area contributed by atoms with E-state index in [0.29, 0.717) is 18.8 Å². The van der Waals surface area contributed by atoms with Crippen molar-refractivity contribution in [3.8, 4) is 5.75 Å². The molecule has 1 N–H and O–H groups in total. The third-order valence-corrected chi connectivity index (χ3v) is 2.83. The van der Waals surface area contributed by atoms with E-state index in [2.05, 4.69) is 16.5 Å². The molecule has 1 heterocycles. The molecule has 0 bridgehead atoms. The molecule has 0 unspecified atom stereocenters. The Morgan fingerprint density at radius 2 is 2.10 bits per heavy atom. The number of hydrogen-bond donors (Lipinski definition) is 1. The average molecular weight is 274 g/mol. The lowest BCUT2D eigenvalue weighted by Gasteiger charge is -2.09. The van der Waals surface area contributed by atoms with Crippen LogP contribution in [0.4, 0.5) is 0 Å². The number of rotatable bonds is 5. The number of amides is 1. The van der Waals surface area contributed by atoms with Gasteiger partial charge in [0.05, 0.1) is 12.2 Å². The van der Waals surface area contributed by atoms with Gasteiger partial charge in [0.2, 0.25) is 5.76 Å². The Hall–Kier alpha value is -2.30. The minimum Gasteiger partial charge on any atom is -0.491 e. The quantitative estimate of drug-likeness (QED) is 0.850. The van der Waals surface area contributed by atoms with Gasteiger partial charge >= 0.3 is 0 Å². The molecule has 1 aromatic heterocycles. The van der Waals surface area contributed by atoms with E-state index < -0.39 is 0 Å². The van der Waals surface area contributed by atoms with Gasteiger partial charge in [0, 0.05) is 6.07 Å². The van der Waals surface area contributed by atoms with E-state index in [1.54, 1.807) is 13.0 Å². The van der Waals surface area contributed by atoms with Crippen LogP contribution in [-0.2, 0) is 0 Å². The molecule has 0 aliphatic carbocycles. The number of hydrogen-bond acceptors (Lipinski definition) is 4. The van der Waals surface area contributed by atoms with Crippen molar-refractivity contribution in [2.24, 2.45) is 0 Å². The van der Waals surface area contributed by atoms with Crippen molar-refractivity contribution in [2.75, 3.05) is 13.2 Å². The first-order chi connectivity index (χ1) is 9.56. The van der Waals surface area contributed by atoms with Crippen LogP contribution in [0.5, 0.6) is 5.75 Å². The largest absolute Gasteiger partial charge is 0.491 e. The van der Waals surface area contributed by atoms with Crippen LogP contribution in [0.3, 0.4) is 0 Å². The Morgan fingerprint density at radius 1 is 1.30 bits per heavy atom. The average Bonchev–Trinajstić information content (AvgIpc) is 2.83. The fraction of sp³-hybridized carbons (Fsp3) is 0.333. The fourth-order valence-corrected chi connectivity index (χ4v) is 1.84. The Morgan fingerprint density at radius 3 is 2.75 bits per heavy atom. The molecule has 0 saturated carbocycles. The summed E-state index contributed by atoms with van der Waals surface area (Å²) >= 11 is 0. The summed E-state index contributed by atoms with van der Waals surface area (Å²) in [6.45, 7) is 6.62. The molecule has 5 nitrogen and oxygen atoms in total. The second kappa shape index (κ2) is 6.23. The van der Waals surface area contributed by atoms with Gasteiger partial charge in [-0.1, -0.05) is 22.9 Å². The fourth-order valence-electron chi connectivity index (χ4n) is 1.84. The molecule has 2 rings (SSSR count). The molecule has 0 spiro atoms. The first-order valence-electron chi connectivity index (χ1n) is 6.48. The lowest BCUT2D eigenvalue weighted by atomic mass is 10.1. The minimum absolute atomic E-state index is 0.217. The molecule has 1 amide bonds. The molecule has 0 aliphatic heterocycles. The highest BCUT2D eigenvalue weighted by molar-refractivity contribution is 5.91. The molecule has 0 fully saturated rings. The van der Waals surface area contributed by atoms with Crippen LogP contribution >= 0.6 is 0 Å². The van der Waals surface area contributed by atoms with Gasteiger partial charge in [0.15, 0.2) is 0 Å². The Bertz CT molecular complexity index is 605. The maximum absolute atomic E-state index is 11.7.